The maximum absolute atomic E-state index is 12.6. The van der Waals surface area contributed by atoms with Gasteiger partial charge < -0.3 is 5.32 Å². The molecule has 0 fully saturated rings. The molecular formula is C17H16Cl2N2O3S. The van der Waals surface area contributed by atoms with Crippen molar-refractivity contribution >= 4 is 44.8 Å². The minimum Gasteiger partial charge on any atom is -0.345 e. The molecule has 0 radical (unpaired) electrons. The fraction of sp³-hybridized carbons (Fsp3) is 0.235. The zero-order chi connectivity index (χ0) is 18.2. The lowest BCUT2D eigenvalue weighted by Gasteiger charge is -2.34. The molecule has 1 N–H and O–H groups in total. The molecule has 2 aromatic rings. The first-order chi connectivity index (χ1) is 11.8. The summed E-state index contributed by atoms with van der Waals surface area (Å²) in [7, 11) is -3.37. The first-order valence-corrected chi connectivity index (χ1v) is 10.2. The second-order valence-corrected chi connectivity index (χ2v) is 8.58. The van der Waals surface area contributed by atoms with Crippen molar-refractivity contribution in [3.05, 3.63) is 63.6 Å². The van der Waals surface area contributed by atoms with Gasteiger partial charge in [-0.1, -0.05) is 41.4 Å². The predicted molar refractivity (Wildman–Crippen MR) is 99.9 cm³/mol. The Kier molecular flexibility index (Phi) is 4.95. The maximum Gasteiger partial charge on any atom is 0.253 e. The maximum atomic E-state index is 12.6. The molecule has 0 saturated heterocycles. The Hall–Kier alpha value is -1.76. The third-order valence-electron chi connectivity index (χ3n) is 4.08. The van der Waals surface area contributed by atoms with Crippen LogP contribution >= 0.6 is 23.2 Å². The van der Waals surface area contributed by atoms with Crippen molar-refractivity contribution in [1.82, 2.24) is 5.32 Å². The number of hydrogen-bond acceptors (Lipinski definition) is 3. The van der Waals surface area contributed by atoms with E-state index in [1.165, 1.54) is 16.6 Å². The number of benzene rings is 2. The van der Waals surface area contributed by atoms with Gasteiger partial charge in [-0.15, -0.1) is 0 Å². The number of carbonyl (C=O) groups is 1. The topological polar surface area (TPSA) is 66.5 Å². The summed E-state index contributed by atoms with van der Waals surface area (Å²) in [6.45, 7) is 0.301. The Labute approximate surface area is 156 Å². The summed E-state index contributed by atoms with van der Waals surface area (Å²) in [5.74, 6) is -0.325. The van der Waals surface area contributed by atoms with E-state index in [1.54, 1.807) is 24.3 Å². The van der Waals surface area contributed by atoms with Crippen molar-refractivity contribution in [2.75, 3.05) is 17.1 Å². The molecule has 1 aliphatic heterocycles. The first kappa shape index (κ1) is 18.0. The molecule has 132 valence electrons. The molecule has 0 spiro atoms. The summed E-state index contributed by atoms with van der Waals surface area (Å²) >= 11 is 12.0. The van der Waals surface area contributed by atoms with E-state index in [0.29, 0.717) is 29.2 Å². The van der Waals surface area contributed by atoms with Crippen molar-refractivity contribution in [3.8, 4) is 0 Å². The van der Waals surface area contributed by atoms with Crippen molar-refractivity contribution in [1.29, 1.82) is 0 Å². The number of carbonyl (C=O) groups excluding carboxylic acids is 1. The van der Waals surface area contributed by atoms with Gasteiger partial charge in [-0.25, -0.2) is 8.42 Å². The van der Waals surface area contributed by atoms with Crippen LogP contribution < -0.4 is 9.62 Å². The van der Waals surface area contributed by atoms with Crippen LogP contribution in [0.3, 0.4) is 0 Å². The molecule has 1 unspecified atom stereocenters. The summed E-state index contributed by atoms with van der Waals surface area (Å²) in [5.41, 5.74) is 1.68. The van der Waals surface area contributed by atoms with E-state index >= 15 is 0 Å². The van der Waals surface area contributed by atoms with E-state index in [9.17, 15) is 13.2 Å². The van der Waals surface area contributed by atoms with Crippen molar-refractivity contribution in [2.24, 2.45) is 0 Å². The molecular weight excluding hydrogens is 383 g/mol. The first-order valence-electron chi connectivity index (χ1n) is 7.60. The van der Waals surface area contributed by atoms with Gasteiger partial charge in [0, 0.05) is 11.6 Å². The average molecular weight is 399 g/mol. The lowest BCUT2D eigenvalue weighted by molar-refractivity contribution is 0.0934. The fourth-order valence-corrected chi connectivity index (χ4v) is 4.39. The van der Waals surface area contributed by atoms with E-state index in [4.69, 9.17) is 23.2 Å². The number of nitrogens with one attached hydrogen (secondary N) is 1. The van der Waals surface area contributed by atoms with Gasteiger partial charge in [0.05, 0.1) is 28.6 Å². The van der Waals surface area contributed by atoms with E-state index in [-0.39, 0.29) is 17.0 Å². The van der Waals surface area contributed by atoms with Crippen LogP contribution in [0.25, 0.3) is 0 Å². The predicted octanol–water partition coefficient (Wildman–Crippen LogP) is 3.63. The van der Waals surface area contributed by atoms with Gasteiger partial charge in [-0.05, 0) is 36.2 Å². The standard InChI is InChI=1S/C17H16Cl2N2O3S/c1-25(23,24)21-9-8-15(13-4-2-3-5-16(13)21)20-17(22)12-7-6-11(18)10-14(12)19/h2-7,10,15H,8-9H2,1H3,(H,20,22). The summed E-state index contributed by atoms with van der Waals surface area (Å²) in [5, 5.41) is 3.66. The van der Waals surface area contributed by atoms with Crippen LogP contribution in [0.4, 0.5) is 5.69 Å². The highest BCUT2D eigenvalue weighted by Gasteiger charge is 2.30. The smallest absolute Gasteiger partial charge is 0.253 e. The minimum absolute atomic E-state index is 0.270. The SMILES string of the molecule is CS(=O)(=O)N1CCC(NC(=O)c2ccc(Cl)cc2Cl)c2ccccc21. The molecule has 0 bridgehead atoms. The molecule has 0 aromatic heterocycles. The Morgan fingerprint density at radius 3 is 2.60 bits per heavy atom. The average Bonchev–Trinajstić information content (AvgIpc) is 2.53. The van der Waals surface area contributed by atoms with E-state index in [2.05, 4.69) is 5.32 Å². The molecule has 0 aliphatic carbocycles. The van der Waals surface area contributed by atoms with Crippen LogP contribution in [0.5, 0.6) is 0 Å². The number of halogens is 2. The highest BCUT2D eigenvalue weighted by Crippen LogP contribution is 2.35. The Morgan fingerprint density at radius 1 is 1.20 bits per heavy atom. The highest BCUT2D eigenvalue weighted by atomic mass is 35.5. The van der Waals surface area contributed by atoms with Gasteiger partial charge in [-0.2, -0.15) is 0 Å². The zero-order valence-electron chi connectivity index (χ0n) is 13.4. The normalized spacial score (nSPS) is 17.1. The largest absolute Gasteiger partial charge is 0.345 e. The third kappa shape index (κ3) is 3.76. The molecule has 25 heavy (non-hydrogen) atoms. The van der Waals surface area contributed by atoms with Crippen LogP contribution in [0, 0.1) is 0 Å². The molecule has 2 aromatic carbocycles. The van der Waals surface area contributed by atoms with Crippen LogP contribution in [-0.2, 0) is 10.0 Å². The fourth-order valence-electron chi connectivity index (χ4n) is 2.94. The monoisotopic (exact) mass is 398 g/mol. The number of amides is 1. The minimum atomic E-state index is -3.37. The van der Waals surface area contributed by atoms with Crippen LogP contribution in [-0.4, -0.2) is 27.1 Å². The number of hydrogen-bond donors (Lipinski definition) is 1. The zero-order valence-corrected chi connectivity index (χ0v) is 15.7. The number of sulfonamides is 1. The second kappa shape index (κ2) is 6.86. The van der Waals surface area contributed by atoms with Crippen LogP contribution in [0.15, 0.2) is 42.5 Å². The number of para-hydroxylation sites is 1. The molecule has 0 saturated carbocycles. The van der Waals surface area contributed by atoms with Crippen molar-refractivity contribution in [3.63, 3.8) is 0 Å². The summed E-state index contributed by atoms with van der Waals surface area (Å²) in [6.07, 6.45) is 1.65. The number of nitrogens with zero attached hydrogens (tertiary/aromatic N) is 1. The number of rotatable bonds is 3. The van der Waals surface area contributed by atoms with Crippen molar-refractivity contribution in [2.45, 2.75) is 12.5 Å². The summed E-state index contributed by atoms with van der Waals surface area (Å²) in [4.78, 5) is 12.6. The summed E-state index contributed by atoms with van der Waals surface area (Å²) in [6, 6.07) is 11.5. The number of anilines is 1. The lowest BCUT2D eigenvalue weighted by Crippen LogP contribution is -2.40. The van der Waals surface area contributed by atoms with Gasteiger partial charge in [0.1, 0.15) is 0 Å². The Balaban J connectivity index is 1.90. The van der Waals surface area contributed by atoms with Gasteiger partial charge in [0.2, 0.25) is 10.0 Å². The van der Waals surface area contributed by atoms with Gasteiger partial charge in [-0.3, -0.25) is 9.10 Å². The van der Waals surface area contributed by atoms with Gasteiger partial charge in [0.15, 0.2) is 0 Å². The molecule has 1 heterocycles. The number of fused-ring (bicyclic) bond motifs is 1. The molecule has 1 amide bonds. The van der Waals surface area contributed by atoms with Gasteiger partial charge in [0.25, 0.3) is 5.91 Å². The van der Waals surface area contributed by atoms with Crippen molar-refractivity contribution < 1.29 is 13.2 Å². The van der Waals surface area contributed by atoms with Crippen LogP contribution in [0.1, 0.15) is 28.4 Å². The lowest BCUT2D eigenvalue weighted by atomic mass is 9.97. The van der Waals surface area contributed by atoms with Gasteiger partial charge >= 0.3 is 0 Å². The van der Waals surface area contributed by atoms with Crippen LogP contribution in [0.2, 0.25) is 10.0 Å². The van der Waals surface area contributed by atoms with E-state index < -0.39 is 10.0 Å². The second-order valence-electron chi connectivity index (χ2n) is 5.83. The van der Waals surface area contributed by atoms with E-state index in [1.807, 2.05) is 12.1 Å². The third-order valence-corrected chi connectivity index (χ3v) is 5.81. The molecule has 3 rings (SSSR count). The Bertz CT molecular complexity index is 931. The summed E-state index contributed by atoms with van der Waals surface area (Å²) < 4.78 is 25.3. The molecule has 8 heteroatoms. The highest BCUT2D eigenvalue weighted by molar-refractivity contribution is 7.92. The quantitative estimate of drug-likeness (QED) is 0.857. The molecule has 1 aliphatic rings. The molecule has 1 atom stereocenters. The Morgan fingerprint density at radius 2 is 1.92 bits per heavy atom. The molecule has 5 nitrogen and oxygen atoms in total. The van der Waals surface area contributed by atoms with E-state index in [0.717, 1.165) is 5.56 Å².